The Balaban J connectivity index is 1.70. The highest BCUT2D eigenvalue weighted by atomic mass is 16.6. The van der Waals surface area contributed by atoms with Gasteiger partial charge in [0.05, 0.1) is 31.0 Å². The van der Waals surface area contributed by atoms with Crippen molar-refractivity contribution in [2.75, 3.05) is 13.7 Å². The molecule has 7 unspecified atom stereocenters. The van der Waals surface area contributed by atoms with E-state index in [0.717, 1.165) is 37.7 Å². The summed E-state index contributed by atoms with van der Waals surface area (Å²) in [5, 5.41) is 10.6. The van der Waals surface area contributed by atoms with Crippen molar-refractivity contribution in [2.24, 2.45) is 5.92 Å². The molecule has 0 radical (unpaired) electrons. The van der Waals surface area contributed by atoms with E-state index in [1.165, 1.54) is 5.57 Å². The predicted octanol–water partition coefficient (Wildman–Crippen LogP) is 5.77. The normalized spacial score (nSPS) is 34.8. The fourth-order valence-corrected chi connectivity index (χ4v) is 5.30. The van der Waals surface area contributed by atoms with E-state index >= 15 is 0 Å². The van der Waals surface area contributed by atoms with Gasteiger partial charge in [-0.1, -0.05) is 67.2 Å². The minimum absolute atomic E-state index is 0.0179. The number of esters is 1. The van der Waals surface area contributed by atoms with Crippen LogP contribution in [0.3, 0.4) is 0 Å². The highest BCUT2D eigenvalue weighted by molar-refractivity contribution is 5.69. The number of cyclic esters (lactones) is 1. The topological polar surface area (TPSA) is 74.2 Å². The molecule has 6 heteroatoms. The van der Waals surface area contributed by atoms with Crippen LogP contribution in [0.5, 0.6) is 0 Å². The fourth-order valence-electron chi connectivity index (χ4n) is 5.30. The molecule has 0 aromatic carbocycles. The summed E-state index contributed by atoms with van der Waals surface area (Å²) < 4.78 is 23.7. The summed E-state index contributed by atoms with van der Waals surface area (Å²) >= 11 is 0. The van der Waals surface area contributed by atoms with Crippen LogP contribution in [0, 0.1) is 5.92 Å². The van der Waals surface area contributed by atoms with Crippen LogP contribution in [-0.2, 0) is 23.7 Å². The van der Waals surface area contributed by atoms with Gasteiger partial charge in [0.1, 0.15) is 12.2 Å². The number of hydrogen-bond acceptors (Lipinski definition) is 6. The number of carbonyl (C=O) groups excluding carboxylic acids is 1. The molecule has 3 aliphatic rings. The molecule has 3 heterocycles. The van der Waals surface area contributed by atoms with Crippen LogP contribution in [0.4, 0.5) is 0 Å². The largest absolute Gasteiger partial charge is 0.459 e. The van der Waals surface area contributed by atoms with Gasteiger partial charge < -0.3 is 24.1 Å². The van der Waals surface area contributed by atoms with Crippen molar-refractivity contribution in [3.63, 3.8) is 0 Å². The second kappa shape index (κ2) is 15.4. The SMILES string of the molecule is C=C1CC(O)/C=C\CC(C(/C=C/C2CC(C)=CCO2)OC)OC(=O)CCCC2C=CCC(CC(C)C1)O2. The van der Waals surface area contributed by atoms with Crippen LogP contribution < -0.4 is 0 Å². The van der Waals surface area contributed by atoms with E-state index in [1.54, 1.807) is 13.2 Å². The molecule has 206 valence electrons. The van der Waals surface area contributed by atoms with Crippen molar-refractivity contribution in [2.45, 2.75) is 108 Å². The van der Waals surface area contributed by atoms with Gasteiger partial charge in [0.2, 0.25) is 0 Å². The van der Waals surface area contributed by atoms with Gasteiger partial charge in [-0.2, -0.15) is 0 Å². The lowest BCUT2D eigenvalue weighted by molar-refractivity contribution is -0.154. The Labute approximate surface area is 223 Å². The first-order valence-electron chi connectivity index (χ1n) is 13.8. The van der Waals surface area contributed by atoms with Crippen molar-refractivity contribution in [3.05, 3.63) is 60.3 Å². The minimum atomic E-state index is -0.630. The van der Waals surface area contributed by atoms with E-state index in [2.05, 4.69) is 38.7 Å². The van der Waals surface area contributed by atoms with Crippen LogP contribution in [-0.4, -0.2) is 61.4 Å². The number of aliphatic hydroxyl groups is 1. The van der Waals surface area contributed by atoms with Crippen molar-refractivity contribution >= 4 is 5.97 Å². The molecule has 7 atom stereocenters. The molecular weight excluding hydrogens is 468 g/mol. The van der Waals surface area contributed by atoms with Gasteiger partial charge >= 0.3 is 5.97 Å². The smallest absolute Gasteiger partial charge is 0.306 e. The van der Waals surface area contributed by atoms with E-state index in [1.807, 2.05) is 18.2 Å². The van der Waals surface area contributed by atoms with Crippen LogP contribution in [0.1, 0.15) is 71.6 Å². The Morgan fingerprint density at radius 1 is 1.19 bits per heavy atom. The van der Waals surface area contributed by atoms with Gasteiger partial charge in [0.25, 0.3) is 0 Å². The lowest BCUT2D eigenvalue weighted by Gasteiger charge is -2.28. The zero-order valence-electron chi connectivity index (χ0n) is 22.8. The van der Waals surface area contributed by atoms with Gasteiger partial charge in [-0.05, 0) is 57.8 Å². The number of fused-ring (bicyclic) bond motifs is 2. The van der Waals surface area contributed by atoms with Gasteiger partial charge in [0, 0.05) is 20.0 Å². The number of rotatable bonds is 4. The number of methoxy groups -OCH3 is 1. The minimum Gasteiger partial charge on any atom is -0.459 e. The molecule has 0 saturated heterocycles. The monoisotopic (exact) mass is 514 g/mol. The van der Waals surface area contributed by atoms with E-state index in [4.69, 9.17) is 18.9 Å². The maximum atomic E-state index is 12.8. The maximum Gasteiger partial charge on any atom is 0.306 e. The zero-order chi connectivity index (χ0) is 26.6. The molecule has 3 rings (SSSR count). The Morgan fingerprint density at radius 3 is 2.78 bits per heavy atom. The molecule has 0 saturated carbocycles. The van der Waals surface area contributed by atoms with Gasteiger partial charge in [-0.25, -0.2) is 0 Å². The Kier molecular flexibility index (Phi) is 12.3. The first-order valence-corrected chi connectivity index (χ1v) is 13.8. The summed E-state index contributed by atoms with van der Waals surface area (Å²) in [4.78, 5) is 12.8. The second-order valence-electron chi connectivity index (χ2n) is 10.8. The molecule has 0 aromatic heterocycles. The summed E-state index contributed by atoms with van der Waals surface area (Å²) in [6.45, 7) is 9.12. The molecule has 37 heavy (non-hydrogen) atoms. The molecule has 0 aromatic rings. The Bertz CT molecular complexity index is 856. The Morgan fingerprint density at radius 2 is 2.00 bits per heavy atom. The van der Waals surface area contributed by atoms with E-state index < -0.39 is 18.3 Å². The standard InChI is InChI=1S/C31H46O6/c1-22-16-17-35-27(20-22)14-15-29(34-4)30-12-5-8-25(32)19-23(2)18-24(3)21-28-11-6-9-26(36-28)10-7-13-31(33)37-30/h5-6,8-9,14-16,24-30,32H,2,7,10-13,17-21H2,1,3-4H3/b8-5-,15-14+. The van der Waals surface area contributed by atoms with E-state index in [-0.39, 0.29) is 24.3 Å². The lowest BCUT2D eigenvalue weighted by Crippen LogP contribution is -2.32. The highest BCUT2D eigenvalue weighted by Crippen LogP contribution is 2.26. The third kappa shape index (κ3) is 10.7. The first-order chi connectivity index (χ1) is 17.8. The van der Waals surface area contributed by atoms with E-state index in [9.17, 15) is 9.90 Å². The van der Waals surface area contributed by atoms with Gasteiger partial charge in [0.15, 0.2) is 0 Å². The lowest BCUT2D eigenvalue weighted by atomic mass is 9.91. The summed E-state index contributed by atoms with van der Waals surface area (Å²) in [5.74, 6) is 0.183. The van der Waals surface area contributed by atoms with Crippen LogP contribution in [0.2, 0.25) is 0 Å². The summed E-state index contributed by atoms with van der Waals surface area (Å²) in [7, 11) is 1.62. The van der Waals surface area contributed by atoms with E-state index in [0.29, 0.717) is 38.2 Å². The highest BCUT2D eigenvalue weighted by Gasteiger charge is 2.25. The molecule has 0 fully saturated rings. The number of aliphatic hydroxyl groups excluding tert-OH is 1. The zero-order valence-corrected chi connectivity index (χ0v) is 22.8. The predicted molar refractivity (Wildman–Crippen MR) is 146 cm³/mol. The molecule has 0 amide bonds. The second-order valence-corrected chi connectivity index (χ2v) is 10.8. The third-order valence-corrected chi connectivity index (χ3v) is 7.22. The van der Waals surface area contributed by atoms with Gasteiger partial charge in [-0.15, -0.1) is 0 Å². The average molecular weight is 515 g/mol. The van der Waals surface area contributed by atoms with Crippen LogP contribution >= 0.6 is 0 Å². The third-order valence-electron chi connectivity index (χ3n) is 7.22. The van der Waals surface area contributed by atoms with Crippen molar-refractivity contribution in [3.8, 4) is 0 Å². The number of ether oxygens (including phenoxy) is 4. The van der Waals surface area contributed by atoms with Crippen molar-refractivity contribution in [1.82, 2.24) is 0 Å². The van der Waals surface area contributed by atoms with Gasteiger partial charge in [-0.3, -0.25) is 4.79 Å². The average Bonchev–Trinajstić information content (AvgIpc) is 2.83. The summed E-state index contributed by atoms with van der Waals surface area (Å²) in [6.07, 6.45) is 19.0. The molecule has 6 nitrogen and oxygen atoms in total. The molecular formula is C31H46O6. The number of carbonyl (C=O) groups is 1. The Hall–Kier alpha value is -1.99. The van der Waals surface area contributed by atoms with Crippen LogP contribution in [0.25, 0.3) is 0 Å². The van der Waals surface area contributed by atoms with Crippen molar-refractivity contribution < 1.29 is 28.8 Å². The van der Waals surface area contributed by atoms with Crippen LogP contribution in [0.15, 0.2) is 60.3 Å². The first kappa shape index (κ1) is 29.6. The molecule has 3 aliphatic heterocycles. The molecule has 0 aliphatic carbocycles. The molecule has 2 bridgehead atoms. The fraction of sp³-hybridized carbons (Fsp3) is 0.645. The number of hydrogen-bond donors (Lipinski definition) is 1. The van der Waals surface area contributed by atoms with Crippen molar-refractivity contribution in [1.29, 1.82) is 0 Å². The molecule has 0 spiro atoms. The maximum absolute atomic E-state index is 12.8. The summed E-state index contributed by atoms with van der Waals surface area (Å²) in [5.41, 5.74) is 2.33. The quantitative estimate of drug-likeness (QED) is 0.379. The molecule has 1 N–H and O–H groups in total. The summed E-state index contributed by atoms with van der Waals surface area (Å²) in [6, 6.07) is 0.